The normalized spacial score (nSPS) is 37.6. The first-order valence-electron chi connectivity index (χ1n) is 4.45. The molecule has 1 aliphatic heterocycles. The molecular formula is C7H14O8S. The van der Waals surface area contributed by atoms with Crippen LogP contribution in [-0.2, 0) is 19.0 Å². The van der Waals surface area contributed by atoms with Crippen molar-refractivity contribution >= 4 is 10.1 Å². The Hall–Kier alpha value is -0.290. The van der Waals surface area contributed by atoms with E-state index in [1.807, 2.05) is 0 Å². The summed E-state index contributed by atoms with van der Waals surface area (Å²) in [5.41, 5.74) is 0. The maximum absolute atomic E-state index is 10.8. The molecule has 0 amide bonds. The number of aliphatic hydroxyl groups excluding tert-OH is 4. The van der Waals surface area contributed by atoms with Gasteiger partial charge in [-0.05, 0) is 0 Å². The predicted molar refractivity (Wildman–Crippen MR) is 49.7 cm³/mol. The summed E-state index contributed by atoms with van der Waals surface area (Å²) in [7, 11) is -3.85. The quantitative estimate of drug-likeness (QED) is 0.387. The Kier molecular flexibility index (Phi) is 4.23. The number of aliphatic hydroxyl groups is 4. The largest absolute Gasteiger partial charge is 0.394 e. The molecule has 9 heteroatoms. The molecule has 1 rings (SSSR count). The van der Waals surface area contributed by atoms with E-state index < -0.39 is 47.4 Å². The summed E-state index contributed by atoms with van der Waals surface area (Å²) in [6.07, 6.45) is -6.67. The molecule has 0 saturated carbocycles. The molecule has 0 aromatic carbocycles. The minimum absolute atomic E-state index is 0.742. The van der Waals surface area contributed by atoms with E-state index in [1.165, 1.54) is 0 Å². The van der Waals surface area contributed by atoms with Gasteiger partial charge in [0, 0.05) is 0 Å². The standard InChI is InChI=1S/C7H14O8S/c1-16(12,13)15-3(2-8)6-4(9)5(10)7(11)14-6/h3-11H,2H2,1H3/t3-,4-,5-,6-,7+/m1/s1. The van der Waals surface area contributed by atoms with E-state index >= 15 is 0 Å². The van der Waals surface area contributed by atoms with E-state index in [0.717, 1.165) is 6.26 Å². The molecule has 0 aromatic rings. The molecule has 1 saturated heterocycles. The van der Waals surface area contributed by atoms with Gasteiger partial charge in [0.05, 0.1) is 12.9 Å². The van der Waals surface area contributed by atoms with Crippen molar-refractivity contribution in [2.24, 2.45) is 0 Å². The molecule has 0 aliphatic carbocycles. The minimum atomic E-state index is -3.85. The van der Waals surface area contributed by atoms with Crippen molar-refractivity contribution in [3.63, 3.8) is 0 Å². The molecule has 8 nitrogen and oxygen atoms in total. The van der Waals surface area contributed by atoms with Crippen LogP contribution < -0.4 is 0 Å². The second-order valence-corrected chi connectivity index (χ2v) is 5.09. The van der Waals surface area contributed by atoms with E-state index in [9.17, 15) is 13.5 Å². The van der Waals surface area contributed by atoms with E-state index in [0.29, 0.717) is 0 Å². The van der Waals surface area contributed by atoms with Gasteiger partial charge in [-0.1, -0.05) is 0 Å². The van der Waals surface area contributed by atoms with Crippen molar-refractivity contribution < 1.29 is 37.8 Å². The summed E-state index contributed by atoms with van der Waals surface area (Å²) in [5, 5.41) is 36.5. The van der Waals surface area contributed by atoms with Crippen molar-refractivity contribution in [2.75, 3.05) is 12.9 Å². The molecule has 16 heavy (non-hydrogen) atoms. The lowest BCUT2D eigenvalue weighted by Crippen LogP contribution is -2.42. The van der Waals surface area contributed by atoms with Gasteiger partial charge < -0.3 is 25.2 Å². The van der Waals surface area contributed by atoms with Gasteiger partial charge in [-0.2, -0.15) is 8.42 Å². The van der Waals surface area contributed by atoms with Gasteiger partial charge in [0.2, 0.25) is 0 Å². The van der Waals surface area contributed by atoms with Gasteiger partial charge >= 0.3 is 0 Å². The molecule has 0 radical (unpaired) electrons. The molecule has 0 unspecified atom stereocenters. The summed E-state index contributed by atoms with van der Waals surface area (Å²) in [6, 6.07) is 0. The van der Waals surface area contributed by atoms with Crippen LogP contribution in [0.15, 0.2) is 0 Å². The highest BCUT2D eigenvalue weighted by Crippen LogP contribution is 2.24. The maximum atomic E-state index is 10.8. The SMILES string of the molecule is CS(=O)(=O)O[C@H](CO)[C@H]1O[C@H](O)[C@H](O)[C@H]1O. The molecular weight excluding hydrogens is 244 g/mol. The molecule has 0 spiro atoms. The van der Waals surface area contributed by atoms with E-state index in [-0.39, 0.29) is 0 Å². The van der Waals surface area contributed by atoms with Crippen LogP contribution in [0.5, 0.6) is 0 Å². The number of hydrogen-bond acceptors (Lipinski definition) is 8. The molecule has 4 N–H and O–H groups in total. The van der Waals surface area contributed by atoms with Gasteiger partial charge in [-0.15, -0.1) is 0 Å². The summed E-state index contributed by atoms with van der Waals surface area (Å²) in [5.74, 6) is 0. The lowest BCUT2D eigenvalue weighted by atomic mass is 10.1. The van der Waals surface area contributed by atoms with Crippen LogP contribution in [0.2, 0.25) is 0 Å². The first kappa shape index (κ1) is 13.8. The predicted octanol–water partition coefficient (Wildman–Crippen LogP) is -3.24. The highest BCUT2D eigenvalue weighted by atomic mass is 32.2. The Morgan fingerprint density at radius 1 is 1.31 bits per heavy atom. The topological polar surface area (TPSA) is 134 Å². The van der Waals surface area contributed by atoms with Gasteiger partial charge in [-0.25, -0.2) is 0 Å². The Morgan fingerprint density at radius 3 is 2.19 bits per heavy atom. The third-order valence-electron chi connectivity index (χ3n) is 2.12. The summed E-state index contributed by atoms with van der Waals surface area (Å²) in [4.78, 5) is 0. The van der Waals surface area contributed by atoms with Gasteiger partial charge in [0.15, 0.2) is 6.29 Å². The van der Waals surface area contributed by atoms with Crippen LogP contribution in [0.1, 0.15) is 0 Å². The van der Waals surface area contributed by atoms with E-state index in [4.69, 9.17) is 20.1 Å². The average molecular weight is 258 g/mol. The van der Waals surface area contributed by atoms with Crippen molar-refractivity contribution in [3.8, 4) is 0 Å². The second-order valence-electron chi connectivity index (χ2n) is 3.49. The maximum Gasteiger partial charge on any atom is 0.264 e. The van der Waals surface area contributed by atoms with E-state index in [2.05, 4.69) is 4.18 Å². The van der Waals surface area contributed by atoms with Gasteiger partial charge in [0.25, 0.3) is 10.1 Å². The van der Waals surface area contributed by atoms with Gasteiger partial charge in [-0.3, -0.25) is 4.18 Å². The third-order valence-corrected chi connectivity index (χ3v) is 2.72. The van der Waals surface area contributed by atoms with E-state index in [1.54, 1.807) is 0 Å². The monoisotopic (exact) mass is 258 g/mol. The summed E-state index contributed by atoms with van der Waals surface area (Å²) >= 11 is 0. The fourth-order valence-electron chi connectivity index (χ4n) is 1.41. The number of rotatable bonds is 4. The van der Waals surface area contributed by atoms with Crippen molar-refractivity contribution in [3.05, 3.63) is 0 Å². The fourth-order valence-corrected chi connectivity index (χ4v) is 2.03. The average Bonchev–Trinajstić information content (AvgIpc) is 2.41. The summed E-state index contributed by atoms with van der Waals surface area (Å²) < 4.78 is 30.8. The Balaban J connectivity index is 2.75. The molecule has 0 bridgehead atoms. The fraction of sp³-hybridized carbons (Fsp3) is 1.00. The molecule has 1 heterocycles. The number of hydrogen-bond donors (Lipinski definition) is 4. The van der Waals surface area contributed by atoms with Crippen LogP contribution in [-0.4, -0.2) is 72.4 Å². The van der Waals surface area contributed by atoms with Crippen LogP contribution in [0.25, 0.3) is 0 Å². The lowest BCUT2D eigenvalue weighted by molar-refractivity contribution is -0.146. The number of ether oxygens (including phenoxy) is 1. The molecule has 0 aromatic heterocycles. The Bertz CT molecular complexity index is 327. The zero-order valence-corrected chi connectivity index (χ0v) is 9.24. The van der Waals surface area contributed by atoms with Crippen molar-refractivity contribution in [1.29, 1.82) is 0 Å². The third kappa shape index (κ3) is 3.10. The van der Waals surface area contributed by atoms with Gasteiger partial charge in [0.1, 0.15) is 24.4 Å². The van der Waals surface area contributed by atoms with Crippen LogP contribution in [0.4, 0.5) is 0 Å². The zero-order valence-electron chi connectivity index (χ0n) is 8.42. The minimum Gasteiger partial charge on any atom is -0.394 e. The Morgan fingerprint density at radius 2 is 1.88 bits per heavy atom. The van der Waals surface area contributed by atoms with Crippen LogP contribution in [0, 0.1) is 0 Å². The highest BCUT2D eigenvalue weighted by Gasteiger charge is 2.46. The zero-order chi connectivity index (χ0) is 12.5. The molecule has 1 fully saturated rings. The lowest BCUT2D eigenvalue weighted by Gasteiger charge is -2.22. The highest BCUT2D eigenvalue weighted by molar-refractivity contribution is 7.86. The smallest absolute Gasteiger partial charge is 0.264 e. The van der Waals surface area contributed by atoms with Crippen molar-refractivity contribution in [1.82, 2.24) is 0 Å². The van der Waals surface area contributed by atoms with Crippen molar-refractivity contribution in [2.45, 2.75) is 30.7 Å². The second kappa shape index (κ2) is 4.92. The first-order valence-corrected chi connectivity index (χ1v) is 6.26. The molecule has 1 aliphatic rings. The van der Waals surface area contributed by atoms with Crippen LogP contribution in [0.3, 0.4) is 0 Å². The van der Waals surface area contributed by atoms with Crippen LogP contribution >= 0.6 is 0 Å². The Labute approximate surface area is 92.2 Å². The summed E-state index contributed by atoms with van der Waals surface area (Å²) in [6.45, 7) is -0.742. The first-order chi connectivity index (χ1) is 7.26. The molecule has 96 valence electrons. The molecule has 5 atom stereocenters.